The van der Waals surface area contributed by atoms with Crippen molar-refractivity contribution in [1.82, 2.24) is 15.5 Å². The first-order valence-corrected chi connectivity index (χ1v) is 9.64. The SMILES string of the molecule is CN=C(NCC1CCCO1)NC1CCN(C(=O)C2CCCCC2)C1. The monoisotopic (exact) mass is 336 g/mol. The summed E-state index contributed by atoms with van der Waals surface area (Å²) >= 11 is 0. The van der Waals surface area contributed by atoms with Gasteiger partial charge < -0.3 is 20.3 Å². The molecule has 2 heterocycles. The zero-order valence-corrected chi connectivity index (χ0v) is 14.9. The van der Waals surface area contributed by atoms with Gasteiger partial charge in [-0.2, -0.15) is 0 Å². The molecule has 0 aromatic rings. The van der Waals surface area contributed by atoms with Crippen LogP contribution < -0.4 is 10.6 Å². The molecule has 0 aromatic heterocycles. The predicted octanol–water partition coefficient (Wildman–Crippen LogP) is 1.51. The van der Waals surface area contributed by atoms with Gasteiger partial charge in [-0.3, -0.25) is 9.79 Å². The average molecular weight is 336 g/mol. The second-order valence-electron chi connectivity index (χ2n) is 7.34. The van der Waals surface area contributed by atoms with Crippen LogP contribution in [0.25, 0.3) is 0 Å². The summed E-state index contributed by atoms with van der Waals surface area (Å²) < 4.78 is 5.64. The van der Waals surface area contributed by atoms with Crippen LogP contribution in [-0.2, 0) is 9.53 Å². The number of hydrogen-bond acceptors (Lipinski definition) is 3. The van der Waals surface area contributed by atoms with E-state index in [4.69, 9.17) is 4.74 Å². The smallest absolute Gasteiger partial charge is 0.225 e. The number of carbonyl (C=O) groups is 1. The summed E-state index contributed by atoms with van der Waals surface area (Å²) in [4.78, 5) is 19.0. The van der Waals surface area contributed by atoms with E-state index in [1.165, 1.54) is 19.3 Å². The van der Waals surface area contributed by atoms with Crippen LogP contribution in [0.5, 0.6) is 0 Å². The summed E-state index contributed by atoms with van der Waals surface area (Å²) in [6.07, 6.45) is 9.46. The lowest BCUT2D eigenvalue weighted by Gasteiger charge is -2.26. The number of carbonyl (C=O) groups excluding carboxylic acids is 1. The van der Waals surface area contributed by atoms with Gasteiger partial charge in [-0.15, -0.1) is 0 Å². The Morgan fingerprint density at radius 1 is 1.17 bits per heavy atom. The normalized spacial score (nSPS) is 29.0. The molecule has 2 unspecified atom stereocenters. The summed E-state index contributed by atoms with van der Waals surface area (Å²) in [6, 6.07) is 0.299. The standard InChI is InChI=1S/C18H32N4O2/c1-19-18(20-12-16-8-5-11-24-16)21-15-9-10-22(13-15)17(23)14-6-3-2-4-7-14/h14-16H,2-13H2,1H3,(H2,19,20,21). The van der Waals surface area contributed by atoms with Crippen LogP contribution in [0, 0.1) is 5.92 Å². The van der Waals surface area contributed by atoms with Gasteiger partial charge in [0.15, 0.2) is 5.96 Å². The summed E-state index contributed by atoms with van der Waals surface area (Å²) in [5, 5.41) is 6.82. The van der Waals surface area contributed by atoms with Crippen LogP contribution in [0.3, 0.4) is 0 Å². The molecule has 2 N–H and O–H groups in total. The Hall–Kier alpha value is -1.30. The molecule has 1 amide bonds. The van der Waals surface area contributed by atoms with E-state index in [0.717, 1.165) is 64.3 Å². The van der Waals surface area contributed by atoms with Gasteiger partial charge in [-0.05, 0) is 32.1 Å². The Labute approximate surface area is 145 Å². The third-order valence-electron chi connectivity index (χ3n) is 5.54. The molecule has 3 fully saturated rings. The van der Waals surface area contributed by atoms with Crippen LogP contribution in [0.15, 0.2) is 4.99 Å². The van der Waals surface area contributed by atoms with Gasteiger partial charge in [0.2, 0.25) is 5.91 Å². The molecule has 2 saturated heterocycles. The van der Waals surface area contributed by atoms with Crippen molar-refractivity contribution >= 4 is 11.9 Å². The minimum Gasteiger partial charge on any atom is -0.376 e. The zero-order valence-electron chi connectivity index (χ0n) is 14.9. The molecule has 1 aliphatic carbocycles. The summed E-state index contributed by atoms with van der Waals surface area (Å²) in [6.45, 7) is 3.35. The van der Waals surface area contributed by atoms with Gasteiger partial charge >= 0.3 is 0 Å². The highest BCUT2D eigenvalue weighted by molar-refractivity contribution is 5.81. The fourth-order valence-electron chi connectivity index (χ4n) is 4.09. The maximum absolute atomic E-state index is 12.6. The van der Waals surface area contributed by atoms with Crippen molar-refractivity contribution in [3.8, 4) is 0 Å². The van der Waals surface area contributed by atoms with Crippen LogP contribution >= 0.6 is 0 Å². The molecule has 6 heteroatoms. The zero-order chi connectivity index (χ0) is 16.8. The maximum atomic E-state index is 12.6. The van der Waals surface area contributed by atoms with Gasteiger partial charge in [0.1, 0.15) is 0 Å². The molecule has 0 radical (unpaired) electrons. The van der Waals surface area contributed by atoms with Crippen molar-refractivity contribution in [2.24, 2.45) is 10.9 Å². The van der Waals surface area contributed by atoms with Crippen molar-refractivity contribution in [3.05, 3.63) is 0 Å². The molecular weight excluding hydrogens is 304 g/mol. The number of nitrogens with one attached hydrogen (secondary N) is 2. The molecule has 3 rings (SSSR count). The van der Waals surface area contributed by atoms with E-state index in [-0.39, 0.29) is 5.92 Å². The first-order chi connectivity index (χ1) is 11.8. The largest absolute Gasteiger partial charge is 0.376 e. The summed E-state index contributed by atoms with van der Waals surface area (Å²) in [5.74, 6) is 1.47. The molecule has 6 nitrogen and oxygen atoms in total. The lowest BCUT2D eigenvalue weighted by Crippen LogP contribution is -2.47. The van der Waals surface area contributed by atoms with Crippen LogP contribution in [0.4, 0.5) is 0 Å². The molecule has 0 bridgehead atoms. The fourth-order valence-corrected chi connectivity index (χ4v) is 4.09. The Bertz CT molecular complexity index is 442. The lowest BCUT2D eigenvalue weighted by molar-refractivity contribution is -0.135. The second kappa shape index (κ2) is 8.70. The van der Waals surface area contributed by atoms with Crippen molar-refractivity contribution in [2.45, 2.75) is 63.5 Å². The van der Waals surface area contributed by atoms with E-state index in [0.29, 0.717) is 18.1 Å². The van der Waals surface area contributed by atoms with E-state index in [9.17, 15) is 4.79 Å². The van der Waals surface area contributed by atoms with Gasteiger partial charge in [0.05, 0.1) is 6.10 Å². The van der Waals surface area contributed by atoms with Crippen molar-refractivity contribution in [1.29, 1.82) is 0 Å². The lowest BCUT2D eigenvalue weighted by atomic mass is 9.88. The summed E-state index contributed by atoms with van der Waals surface area (Å²) in [7, 11) is 1.80. The van der Waals surface area contributed by atoms with Gasteiger partial charge in [0, 0.05) is 45.2 Å². The minimum atomic E-state index is 0.273. The van der Waals surface area contributed by atoms with Crippen molar-refractivity contribution in [2.75, 3.05) is 33.3 Å². The Kier molecular flexibility index (Phi) is 6.35. The molecule has 136 valence electrons. The van der Waals surface area contributed by atoms with E-state index >= 15 is 0 Å². The van der Waals surface area contributed by atoms with E-state index in [1.807, 2.05) is 0 Å². The highest BCUT2D eigenvalue weighted by atomic mass is 16.5. The molecule has 0 aromatic carbocycles. The number of ether oxygens (including phenoxy) is 1. The highest BCUT2D eigenvalue weighted by Crippen LogP contribution is 2.26. The van der Waals surface area contributed by atoms with E-state index in [2.05, 4.69) is 20.5 Å². The van der Waals surface area contributed by atoms with Crippen LogP contribution in [0.1, 0.15) is 51.4 Å². The summed E-state index contributed by atoms with van der Waals surface area (Å²) in [5.41, 5.74) is 0. The van der Waals surface area contributed by atoms with Crippen LogP contribution in [0.2, 0.25) is 0 Å². The minimum absolute atomic E-state index is 0.273. The Morgan fingerprint density at radius 2 is 2.00 bits per heavy atom. The number of guanidine groups is 1. The van der Waals surface area contributed by atoms with Gasteiger partial charge in [-0.1, -0.05) is 19.3 Å². The average Bonchev–Trinajstić information content (AvgIpc) is 3.30. The molecular formula is C18H32N4O2. The first-order valence-electron chi connectivity index (χ1n) is 9.64. The van der Waals surface area contributed by atoms with Gasteiger partial charge in [0.25, 0.3) is 0 Å². The number of rotatable bonds is 4. The highest BCUT2D eigenvalue weighted by Gasteiger charge is 2.31. The van der Waals surface area contributed by atoms with E-state index in [1.54, 1.807) is 7.05 Å². The second-order valence-corrected chi connectivity index (χ2v) is 7.34. The van der Waals surface area contributed by atoms with Crippen molar-refractivity contribution in [3.63, 3.8) is 0 Å². The maximum Gasteiger partial charge on any atom is 0.225 e. The third-order valence-corrected chi connectivity index (χ3v) is 5.54. The fraction of sp³-hybridized carbons (Fsp3) is 0.889. The Morgan fingerprint density at radius 3 is 2.71 bits per heavy atom. The molecule has 2 aliphatic heterocycles. The number of amides is 1. The topological polar surface area (TPSA) is 66.0 Å². The number of aliphatic imine (C=N–C) groups is 1. The van der Waals surface area contributed by atoms with Gasteiger partial charge in [-0.25, -0.2) is 0 Å². The van der Waals surface area contributed by atoms with E-state index < -0.39 is 0 Å². The predicted molar refractivity (Wildman–Crippen MR) is 95.0 cm³/mol. The molecule has 24 heavy (non-hydrogen) atoms. The first kappa shape index (κ1) is 17.5. The molecule has 0 spiro atoms. The van der Waals surface area contributed by atoms with Crippen LogP contribution in [-0.4, -0.2) is 62.2 Å². The number of hydrogen-bond donors (Lipinski definition) is 2. The number of likely N-dealkylation sites (tertiary alicyclic amines) is 1. The number of nitrogens with zero attached hydrogens (tertiary/aromatic N) is 2. The molecule has 1 saturated carbocycles. The molecule has 2 atom stereocenters. The molecule has 3 aliphatic rings. The third kappa shape index (κ3) is 4.62. The van der Waals surface area contributed by atoms with Crippen molar-refractivity contribution < 1.29 is 9.53 Å². The Balaban J connectivity index is 1.41. The quantitative estimate of drug-likeness (QED) is 0.603.